The van der Waals surface area contributed by atoms with Crippen molar-refractivity contribution in [2.75, 3.05) is 19.5 Å². The van der Waals surface area contributed by atoms with Crippen LogP contribution in [0.4, 0.5) is 5.82 Å². The van der Waals surface area contributed by atoms with Crippen molar-refractivity contribution in [1.29, 1.82) is 0 Å². The molecule has 1 aromatic carbocycles. The molecule has 0 saturated carbocycles. The summed E-state index contributed by atoms with van der Waals surface area (Å²) in [7, 11) is 3.26. The zero-order valence-electron chi connectivity index (χ0n) is 12.2. The first kappa shape index (κ1) is 14.1. The standard InChI is InChI=1S/C15H19N3O2/c1-10-7-15(18-16-9-10)17-11(2)12-5-6-13(19-3)14(8-12)20-4/h5-9,11H,1-4H3,(H,17,18). The fourth-order valence-electron chi connectivity index (χ4n) is 1.96. The van der Waals surface area contributed by atoms with E-state index in [-0.39, 0.29) is 6.04 Å². The summed E-state index contributed by atoms with van der Waals surface area (Å²) in [6.45, 7) is 4.05. The summed E-state index contributed by atoms with van der Waals surface area (Å²) in [5.74, 6) is 2.19. The molecule has 1 N–H and O–H groups in total. The van der Waals surface area contributed by atoms with Gasteiger partial charge in [0.05, 0.1) is 26.5 Å². The van der Waals surface area contributed by atoms with Crippen LogP contribution >= 0.6 is 0 Å². The average Bonchev–Trinajstić information content (AvgIpc) is 2.46. The maximum Gasteiger partial charge on any atom is 0.161 e. The molecule has 5 heteroatoms. The third-order valence-corrected chi connectivity index (χ3v) is 3.06. The Kier molecular flexibility index (Phi) is 4.40. The van der Waals surface area contributed by atoms with Crippen molar-refractivity contribution < 1.29 is 9.47 Å². The Balaban J connectivity index is 2.18. The summed E-state index contributed by atoms with van der Waals surface area (Å²) in [6, 6.07) is 7.91. The highest BCUT2D eigenvalue weighted by Gasteiger charge is 2.10. The van der Waals surface area contributed by atoms with Crippen LogP contribution in [0.5, 0.6) is 11.5 Å². The van der Waals surface area contributed by atoms with Crippen LogP contribution in [0.3, 0.4) is 0 Å². The molecular weight excluding hydrogens is 254 g/mol. The van der Waals surface area contributed by atoms with Gasteiger partial charge in [0.15, 0.2) is 11.5 Å². The molecule has 5 nitrogen and oxygen atoms in total. The molecule has 1 unspecified atom stereocenters. The normalized spacial score (nSPS) is 11.8. The summed E-state index contributed by atoms with van der Waals surface area (Å²) >= 11 is 0. The smallest absolute Gasteiger partial charge is 0.161 e. The van der Waals surface area contributed by atoms with Crippen LogP contribution in [0.2, 0.25) is 0 Å². The topological polar surface area (TPSA) is 56.3 Å². The SMILES string of the molecule is COc1ccc(C(C)Nc2cc(C)cnn2)cc1OC. The second-order valence-corrected chi connectivity index (χ2v) is 4.60. The molecule has 1 atom stereocenters. The van der Waals surface area contributed by atoms with E-state index < -0.39 is 0 Å². The van der Waals surface area contributed by atoms with E-state index in [1.54, 1.807) is 20.4 Å². The first-order valence-electron chi connectivity index (χ1n) is 6.42. The lowest BCUT2D eigenvalue weighted by molar-refractivity contribution is 0.354. The maximum absolute atomic E-state index is 5.32. The molecule has 0 aliphatic heterocycles. The van der Waals surface area contributed by atoms with Gasteiger partial charge >= 0.3 is 0 Å². The van der Waals surface area contributed by atoms with Crippen LogP contribution in [0.1, 0.15) is 24.1 Å². The Morgan fingerprint density at radius 3 is 2.50 bits per heavy atom. The number of nitrogens with zero attached hydrogens (tertiary/aromatic N) is 2. The molecule has 1 aromatic heterocycles. The van der Waals surface area contributed by atoms with E-state index in [1.807, 2.05) is 31.2 Å². The van der Waals surface area contributed by atoms with E-state index in [2.05, 4.69) is 22.4 Å². The lowest BCUT2D eigenvalue weighted by Crippen LogP contribution is -2.09. The van der Waals surface area contributed by atoms with Gasteiger partial charge in [-0.1, -0.05) is 6.07 Å². The third kappa shape index (κ3) is 3.17. The zero-order chi connectivity index (χ0) is 14.5. The van der Waals surface area contributed by atoms with E-state index in [0.29, 0.717) is 5.75 Å². The number of hydrogen-bond donors (Lipinski definition) is 1. The fraction of sp³-hybridized carbons (Fsp3) is 0.333. The first-order valence-corrected chi connectivity index (χ1v) is 6.42. The molecule has 0 aliphatic rings. The van der Waals surface area contributed by atoms with Gasteiger partial charge < -0.3 is 14.8 Å². The molecule has 106 valence electrons. The van der Waals surface area contributed by atoms with Crippen molar-refractivity contribution in [3.8, 4) is 11.5 Å². The number of ether oxygens (including phenoxy) is 2. The van der Waals surface area contributed by atoms with E-state index in [1.165, 1.54) is 0 Å². The number of methoxy groups -OCH3 is 2. The first-order chi connectivity index (χ1) is 9.63. The van der Waals surface area contributed by atoms with Gasteiger partial charge in [0.2, 0.25) is 0 Å². The minimum absolute atomic E-state index is 0.0888. The van der Waals surface area contributed by atoms with E-state index in [9.17, 15) is 0 Å². The van der Waals surface area contributed by atoms with Gasteiger partial charge in [-0.15, -0.1) is 5.10 Å². The largest absolute Gasteiger partial charge is 0.493 e. The second-order valence-electron chi connectivity index (χ2n) is 4.60. The van der Waals surface area contributed by atoms with Crippen molar-refractivity contribution in [2.24, 2.45) is 0 Å². The van der Waals surface area contributed by atoms with Gasteiger partial charge in [-0.3, -0.25) is 0 Å². The Labute approximate surface area is 118 Å². The molecule has 2 aromatic rings. The summed E-state index contributed by atoms with van der Waals surface area (Å²) in [5.41, 5.74) is 2.16. The summed E-state index contributed by atoms with van der Waals surface area (Å²) in [6.07, 6.45) is 1.73. The third-order valence-electron chi connectivity index (χ3n) is 3.06. The van der Waals surface area contributed by atoms with Gasteiger partial charge in [-0.05, 0) is 43.2 Å². The Morgan fingerprint density at radius 2 is 1.85 bits per heavy atom. The quantitative estimate of drug-likeness (QED) is 0.907. The maximum atomic E-state index is 5.32. The van der Waals surface area contributed by atoms with Crippen molar-refractivity contribution >= 4 is 5.82 Å². The molecule has 0 aliphatic carbocycles. The predicted molar refractivity (Wildman–Crippen MR) is 78.4 cm³/mol. The molecule has 0 spiro atoms. The molecule has 0 saturated heterocycles. The van der Waals surface area contributed by atoms with Crippen molar-refractivity contribution in [1.82, 2.24) is 10.2 Å². The highest BCUT2D eigenvalue weighted by Crippen LogP contribution is 2.30. The number of hydrogen-bond acceptors (Lipinski definition) is 5. The number of aryl methyl sites for hydroxylation is 1. The highest BCUT2D eigenvalue weighted by molar-refractivity contribution is 5.46. The van der Waals surface area contributed by atoms with Crippen LogP contribution in [-0.2, 0) is 0 Å². The van der Waals surface area contributed by atoms with Gasteiger partial charge in [0.25, 0.3) is 0 Å². The van der Waals surface area contributed by atoms with Gasteiger partial charge in [-0.2, -0.15) is 5.10 Å². The Bertz CT molecular complexity index is 587. The zero-order valence-corrected chi connectivity index (χ0v) is 12.2. The van der Waals surface area contributed by atoms with E-state index in [4.69, 9.17) is 9.47 Å². The lowest BCUT2D eigenvalue weighted by Gasteiger charge is -2.16. The van der Waals surface area contributed by atoms with Crippen LogP contribution in [0.15, 0.2) is 30.5 Å². The highest BCUT2D eigenvalue weighted by atomic mass is 16.5. The number of nitrogens with one attached hydrogen (secondary N) is 1. The molecule has 0 amide bonds. The molecule has 2 rings (SSSR count). The summed E-state index contributed by atoms with van der Waals surface area (Å²) in [4.78, 5) is 0. The Morgan fingerprint density at radius 1 is 1.10 bits per heavy atom. The number of rotatable bonds is 5. The predicted octanol–water partition coefficient (Wildman–Crippen LogP) is 2.98. The van der Waals surface area contributed by atoms with Gasteiger partial charge in [0, 0.05) is 0 Å². The molecule has 1 heterocycles. The van der Waals surface area contributed by atoms with Crippen LogP contribution in [0.25, 0.3) is 0 Å². The van der Waals surface area contributed by atoms with Crippen LogP contribution in [0, 0.1) is 6.92 Å². The summed E-state index contributed by atoms with van der Waals surface area (Å²) in [5, 5.41) is 11.3. The molecule has 0 fully saturated rings. The molecule has 0 bridgehead atoms. The van der Waals surface area contributed by atoms with Gasteiger partial charge in [0.1, 0.15) is 5.82 Å². The number of benzene rings is 1. The number of aromatic nitrogens is 2. The van der Waals surface area contributed by atoms with Crippen LogP contribution < -0.4 is 14.8 Å². The van der Waals surface area contributed by atoms with Crippen molar-refractivity contribution in [3.05, 3.63) is 41.6 Å². The second kappa shape index (κ2) is 6.23. The minimum atomic E-state index is 0.0888. The van der Waals surface area contributed by atoms with E-state index >= 15 is 0 Å². The van der Waals surface area contributed by atoms with E-state index in [0.717, 1.165) is 22.7 Å². The molecular formula is C15H19N3O2. The monoisotopic (exact) mass is 273 g/mol. The van der Waals surface area contributed by atoms with Crippen LogP contribution in [-0.4, -0.2) is 24.4 Å². The van der Waals surface area contributed by atoms with Crippen molar-refractivity contribution in [2.45, 2.75) is 19.9 Å². The minimum Gasteiger partial charge on any atom is -0.493 e. The number of anilines is 1. The average molecular weight is 273 g/mol. The lowest BCUT2D eigenvalue weighted by atomic mass is 10.1. The van der Waals surface area contributed by atoms with Crippen molar-refractivity contribution in [3.63, 3.8) is 0 Å². The summed E-state index contributed by atoms with van der Waals surface area (Å²) < 4.78 is 10.6. The Hall–Kier alpha value is -2.30. The molecule has 20 heavy (non-hydrogen) atoms. The fourth-order valence-corrected chi connectivity index (χ4v) is 1.96. The molecule has 0 radical (unpaired) electrons. The van der Waals surface area contributed by atoms with Gasteiger partial charge in [-0.25, -0.2) is 0 Å².